The van der Waals surface area contributed by atoms with Crippen LogP contribution in [-0.4, -0.2) is 14.2 Å². The van der Waals surface area contributed by atoms with Crippen LogP contribution < -0.4 is 9.47 Å². The van der Waals surface area contributed by atoms with Crippen LogP contribution in [0.25, 0.3) is 0 Å². The quantitative estimate of drug-likeness (QED) is 0.775. The summed E-state index contributed by atoms with van der Waals surface area (Å²) in [5, 5.41) is 0. The van der Waals surface area contributed by atoms with E-state index in [0.29, 0.717) is 5.92 Å². The molecule has 0 radical (unpaired) electrons. The van der Waals surface area contributed by atoms with E-state index >= 15 is 0 Å². The lowest BCUT2D eigenvalue weighted by Crippen LogP contribution is -2.03. The van der Waals surface area contributed by atoms with Crippen molar-refractivity contribution >= 4 is 15.9 Å². The van der Waals surface area contributed by atoms with Crippen LogP contribution in [0.4, 0.5) is 0 Å². The summed E-state index contributed by atoms with van der Waals surface area (Å²) in [5.74, 6) is 2.17. The minimum Gasteiger partial charge on any atom is -0.496 e. The minimum atomic E-state index is 0.459. The number of benzene rings is 1. The van der Waals surface area contributed by atoms with Gasteiger partial charge in [-0.15, -0.1) is 0 Å². The van der Waals surface area contributed by atoms with Crippen molar-refractivity contribution in [2.45, 2.75) is 25.2 Å². The van der Waals surface area contributed by atoms with Crippen LogP contribution in [0.2, 0.25) is 0 Å². The summed E-state index contributed by atoms with van der Waals surface area (Å²) in [5.41, 5.74) is 1.23. The summed E-state index contributed by atoms with van der Waals surface area (Å²) in [7, 11) is 3.37. The van der Waals surface area contributed by atoms with Gasteiger partial charge in [-0.25, -0.2) is 0 Å². The molecule has 2 nitrogen and oxygen atoms in total. The first-order valence-corrected chi connectivity index (χ1v) is 6.63. The summed E-state index contributed by atoms with van der Waals surface area (Å²) in [4.78, 5) is 0. The zero-order chi connectivity index (χ0) is 12.3. The van der Waals surface area contributed by atoms with Gasteiger partial charge in [-0.05, 0) is 41.3 Å². The normalized spacial score (nSPS) is 19.1. The molecule has 17 heavy (non-hydrogen) atoms. The fourth-order valence-electron chi connectivity index (χ4n) is 2.24. The predicted molar refractivity (Wildman–Crippen MR) is 73.0 cm³/mol. The molecular weight excluding hydrogens is 280 g/mol. The molecular formula is C14H17BrO2. The number of rotatable bonds is 3. The van der Waals surface area contributed by atoms with Gasteiger partial charge in [-0.2, -0.15) is 0 Å². The Balaban J connectivity index is 2.41. The number of allylic oxidation sites excluding steroid dienone is 2. The third-order valence-corrected chi connectivity index (χ3v) is 3.78. The van der Waals surface area contributed by atoms with Gasteiger partial charge in [-0.1, -0.05) is 12.2 Å². The number of hydrogen-bond acceptors (Lipinski definition) is 2. The van der Waals surface area contributed by atoms with Crippen molar-refractivity contribution in [3.05, 3.63) is 34.3 Å². The molecule has 1 unspecified atom stereocenters. The second-order valence-electron chi connectivity index (χ2n) is 4.19. The molecule has 0 aromatic heterocycles. The van der Waals surface area contributed by atoms with Gasteiger partial charge in [0, 0.05) is 17.5 Å². The van der Waals surface area contributed by atoms with Crippen LogP contribution in [0.5, 0.6) is 11.5 Å². The monoisotopic (exact) mass is 296 g/mol. The maximum absolute atomic E-state index is 5.46. The van der Waals surface area contributed by atoms with E-state index in [9.17, 15) is 0 Å². The molecule has 1 atom stereocenters. The second kappa shape index (κ2) is 5.58. The zero-order valence-corrected chi connectivity index (χ0v) is 11.8. The number of hydrogen-bond donors (Lipinski definition) is 0. The van der Waals surface area contributed by atoms with Crippen LogP contribution in [0, 0.1) is 0 Å². The van der Waals surface area contributed by atoms with Gasteiger partial charge in [0.1, 0.15) is 11.5 Å². The highest BCUT2D eigenvalue weighted by atomic mass is 79.9. The minimum absolute atomic E-state index is 0.459. The van der Waals surface area contributed by atoms with Gasteiger partial charge >= 0.3 is 0 Å². The van der Waals surface area contributed by atoms with E-state index in [0.717, 1.165) is 16.0 Å². The van der Waals surface area contributed by atoms with Crippen molar-refractivity contribution in [3.8, 4) is 11.5 Å². The van der Waals surface area contributed by atoms with Crippen LogP contribution in [0.15, 0.2) is 28.8 Å². The van der Waals surface area contributed by atoms with Crippen molar-refractivity contribution in [2.75, 3.05) is 14.2 Å². The molecule has 0 saturated heterocycles. The maximum atomic E-state index is 5.46. The first-order chi connectivity index (χ1) is 8.26. The molecule has 2 rings (SSSR count). The lowest BCUT2D eigenvalue weighted by atomic mass is 9.89. The van der Waals surface area contributed by atoms with Crippen molar-refractivity contribution in [1.82, 2.24) is 0 Å². The SMILES string of the molecule is COc1cc(OC)c(C2C=CCCC2)cc1Br. The summed E-state index contributed by atoms with van der Waals surface area (Å²) < 4.78 is 11.7. The fraction of sp³-hybridized carbons (Fsp3) is 0.429. The molecule has 0 bridgehead atoms. The van der Waals surface area contributed by atoms with Crippen LogP contribution in [-0.2, 0) is 0 Å². The van der Waals surface area contributed by atoms with Gasteiger partial charge < -0.3 is 9.47 Å². The molecule has 92 valence electrons. The number of methoxy groups -OCH3 is 2. The highest BCUT2D eigenvalue weighted by Crippen LogP contribution is 2.39. The number of ether oxygens (including phenoxy) is 2. The smallest absolute Gasteiger partial charge is 0.136 e. The molecule has 1 aliphatic carbocycles. The van der Waals surface area contributed by atoms with Crippen molar-refractivity contribution in [3.63, 3.8) is 0 Å². The van der Waals surface area contributed by atoms with E-state index < -0.39 is 0 Å². The molecule has 0 amide bonds. The van der Waals surface area contributed by atoms with Crippen molar-refractivity contribution < 1.29 is 9.47 Å². The maximum Gasteiger partial charge on any atom is 0.136 e. The average molecular weight is 297 g/mol. The molecule has 0 N–H and O–H groups in total. The Hall–Kier alpha value is -0.960. The first-order valence-electron chi connectivity index (χ1n) is 5.84. The van der Waals surface area contributed by atoms with Crippen molar-refractivity contribution in [2.24, 2.45) is 0 Å². The van der Waals surface area contributed by atoms with Crippen LogP contribution in [0.1, 0.15) is 30.7 Å². The summed E-state index contributed by atoms with van der Waals surface area (Å²) in [6.45, 7) is 0. The van der Waals surface area contributed by atoms with E-state index in [-0.39, 0.29) is 0 Å². The molecule has 0 aliphatic heterocycles. The van der Waals surface area contributed by atoms with E-state index in [1.165, 1.54) is 24.8 Å². The second-order valence-corrected chi connectivity index (χ2v) is 5.05. The third kappa shape index (κ3) is 2.65. The number of halogens is 1. The summed E-state index contributed by atoms with van der Waals surface area (Å²) in [6.07, 6.45) is 8.15. The Bertz CT molecular complexity index is 426. The standard InChI is InChI=1S/C14H17BrO2/c1-16-13-9-14(17-2)12(15)8-11(13)10-6-4-3-5-7-10/h4,6,8-10H,3,5,7H2,1-2H3. The topological polar surface area (TPSA) is 18.5 Å². The van der Waals surface area contributed by atoms with Gasteiger partial charge in [0.15, 0.2) is 0 Å². The largest absolute Gasteiger partial charge is 0.496 e. The Morgan fingerprint density at radius 1 is 1.18 bits per heavy atom. The lowest BCUT2D eigenvalue weighted by Gasteiger charge is -2.20. The Morgan fingerprint density at radius 3 is 2.53 bits per heavy atom. The van der Waals surface area contributed by atoms with Gasteiger partial charge in [0.2, 0.25) is 0 Å². The van der Waals surface area contributed by atoms with E-state index in [1.807, 2.05) is 6.07 Å². The average Bonchev–Trinajstić information content (AvgIpc) is 2.39. The first kappa shape index (κ1) is 12.5. The van der Waals surface area contributed by atoms with E-state index in [1.54, 1.807) is 14.2 Å². The van der Waals surface area contributed by atoms with Crippen LogP contribution >= 0.6 is 15.9 Å². The Morgan fingerprint density at radius 2 is 1.94 bits per heavy atom. The fourth-order valence-corrected chi connectivity index (χ4v) is 2.77. The Labute approximate surface area is 111 Å². The molecule has 0 fully saturated rings. The molecule has 1 aromatic carbocycles. The lowest BCUT2D eigenvalue weighted by molar-refractivity contribution is 0.387. The third-order valence-electron chi connectivity index (χ3n) is 3.16. The molecule has 1 aliphatic rings. The van der Waals surface area contributed by atoms with E-state index in [4.69, 9.17) is 9.47 Å². The molecule has 3 heteroatoms. The van der Waals surface area contributed by atoms with Gasteiger partial charge in [-0.3, -0.25) is 0 Å². The van der Waals surface area contributed by atoms with Gasteiger partial charge in [0.05, 0.1) is 18.7 Å². The molecule has 1 aromatic rings. The van der Waals surface area contributed by atoms with E-state index in [2.05, 4.69) is 34.1 Å². The Kier molecular flexibility index (Phi) is 4.11. The highest BCUT2D eigenvalue weighted by molar-refractivity contribution is 9.10. The summed E-state index contributed by atoms with van der Waals surface area (Å²) >= 11 is 3.53. The zero-order valence-electron chi connectivity index (χ0n) is 10.2. The molecule has 0 heterocycles. The van der Waals surface area contributed by atoms with Crippen molar-refractivity contribution in [1.29, 1.82) is 0 Å². The summed E-state index contributed by atoms with van der Waals surface area (Å²) in [6, 6.07) is 4.06. The highest BCUT2D eigenvalue weighted by Gasteiger charge is 2.18. The molecule has 0 saturated carbocycles. The predicted octanol–water partition coefficient (Wildman–Crippen LogP) is 4.29. The van der Waals surface area contributed by atoms with Gasteiger partial charge in [0.25, 0.3) is 0 Å². The van der Waals surface area contributed by atoms with Crippen LogP contribution in [0.3, 0.4) is 0 Å². The molecule has 0 spiro atoms.